The molecule has 4 atom stereocenters. The van der Waals surface area contributed by atoms with Crippen LogP contribution in [0.5, 0.6) is 11.5 Å². The highest BCUT2D eigenvalue weighted by molar-refractivity contribution is 14.1. The Labute approximate surface area is 272 Å². The molecule has 2 saturated heterocycles. The fraction of sp³-hybridized carbons (Fsp3) is 0.438. The number of carbonyl (C=O) groups is 2. The maximum absolute atomic E-state index is 14.0. The van der Waals surface area contributed by atoms with Crippen LogP contribution in [0.3, 0.4) is 0 Å². The quantitative estimate of drug-likeness (QED) is 0.125. The third-order valence-corrected chi connectivity index (χ3v) is 9.93. The van der Waals surface area contributed by atoms with Gasteiger partial charge in [0.2, 0.25) is 11.8 Å². The zero-order chi connectivity index (χ0) is 31.7. The van der Waals surface area contributed by atoms with Crippen molar-refractivity contribution in [3.05, 3.63) is 62.3 Å². The van der Waals surface area contributed by atoms with Gasteiger partial charge in [0.15, 0.2) is 11.5 Å². The minimum absolute atomic E-state index is 0.113. The van der Waals surface area contributed by atoms with Gasteiger partial charge in [-0.3, -0.25) is 14.5 Å². The zero-order valence-corrected chi connectivity index (χ0v) is 27.4. The van der Waals surface area contributed by atoms with Gasteiger partial charge in [0.05, 0.1) is 34.3 Å². The number of carbonyl (C=O) groups excluding carboxylic acids is 2. The normalized spacial score (nSPS) is 23.7. The second-order valence-corrected chi connectivity index (χ2v) is 13.0. The third kappa shape index (κ3) is 6.37. The second-order valence-electron chi connectivity index (χ2n) is 11.8. The van der Waals surface area contributed by atoms with E-state index in [9.17, 15) is 29.8 Å². The van der Waals surface area contributed by atoms with Crippen LogP contribution < -0.4 is 15.1 Å². The van der Waals surface area contributed by atoms with Crippen molar-refractivity contribution in [1.29, 1.82) is 0 Å². The van der Waals surface area contributed by atoms with Gasteiger partial charge in [0, 0.05) is 0 Å². The summed E-state index contributed by atoms with van der Waals surface area (Å²) in [5.74, 6) is -1.56. The van der Waals surface area contributed by atoms with Gasteiger partial charge in [-0.2, -0.15) is 0 Å². The van der Waals surface area contributed by atoms with Crippen LogP contribution in [-0.2, 0) is 14.2 Å². The van der Waals surface area contributed by atoms with Gasteiger partial charge < -0.3 is 29.6 Å². The van der Waals surface area contributed by atoms with Gasteiger partial charge >= 0.3 is 14.2 Å². The first kappa shape index (κ1) is 32.7. The second kappa shape index (κ2) is 13.8. The standard InChI is InChI=1S/C32H38B2INO8/c1-4-7-20-15-23-29(32(39)36(31(23)38)22-9-6-8-21(16-22)34(41)42)24-17-33(40)44-26(28(20)24)11-10-18(5-2)12-19-13-25(35)30(37)27(14-19)43-3/h6,8-9,12-14,16,23-24,26,29,37,40-42H,4-5,7,10-11,15,17H2,1-3H3/b18-12+/t23-,24+,26-,29-/m1/s1. The number of halogens is 1. The predicted molar refractivity (Wildman–Crippen MR) is 178 cm³/mol. The zero-order valence-electron chi connectivity index (χ0n) is 25.2. The molecular weight excluding hydrogens is 675 g/mol. The topological polar surface area (TPSA) is 137 Å². The molecule has 232 valence electrons. The summed E-state index contributed by atoms with van der Waals surface area (Å²) in [6.45, 7) is 4.18. The number of amides is 2. The van der Waals surface area contributed by atoms with Gasteiger partial charge in [-0.15, -0.1) is 0 Å². The molecule has 2 aromatic carbocycles. The monoisotopic (exact) mass is 713 g/mol. The Bertz CT molecular complexity index is 1490. The highest BCUT2D eigenvalue weighted by atomic mass is 127. The number of rotatable bonds is 10. The summed E-state index contributed by atoms with van der Waals surface area (Å²) in [6.07, 6.45) is 6.18. The van der Waals surface area contributed by atoms with Crippen LogP contribution in [0, 0.1) is 21.3 Å². The lowest BCUT2D eigenvalue weighted by atomic mass is 9.58. The van der Waals surface area contributed by atoms with E-state index in [1.165, 1.54) is 29.7 Å². The van der Waals surface area contributed by atoms with Gasteiger partial charge in [-0.1, -0.05) is 49.6 Å². The molecule has 9 nitrogen and oxygen atoms in total. The summed E-state index contributed by atoms with van der Waals surface area (Å²) in [6, 6.07) is 9.93. The number of fused-ring (bicyclic) bond motifs is 3. The number of methoxy groups -OCH3 is 1. The first-order chi connectivity index (χ1) is 21.1. The number of allylic oxidation sites excluding steroid dienone is 2. The number of phenols is 1. The first-order valence-corrected chi connectivity index (χ1v) is 16.3. The molecule has 44 heavy (non-hydrogen) atoms. The minimum atomic E-state index is -1.72. The highest BCUT2D eigenvalue weighted by Gasteiger charge is 2.57. The summed E-state index contributed by atoms with van der Waals surface area (Å²) >= 11 is 2.08. The molecule has 0 spiro atoms. The number of ether oxygens (including phenoxy) is 1. The lowest BCUT2D eigenvalue weighted by molar-refractivity contribution is -0.122. The molecule has 2 aliphatic heterocycles. The van der Waals surface area contributed by atoms with Crippen LogP contribution in [0.2, 0.25) is 6.32 Å². The Hall–Kier alpha value is -2.64. The number of benzene rings is 2. The van der Waals surface area contributed by atoms with E-state index in [2.05, 4.69) is 42.5 Å². The molecule has 0 radical (unpaired) electrons. The molecule has 0 saturated carbocycles. The van der Waals surface area contributed by atoms with E-state index in [1.54, 1.807) is 18.2 Å². The molecule has 3 aliphatic rings. The number of phenolic OH excluding ortho intramolecular Hbond substituents is 1. The van der Waals surface area contributed by atoms with Crippen molar-refractivity contribution in [2.24, 2.45) is 17.8 Å². The first-order valence-electron chi connectivity index (χ1n) is 15.2. The molecular formula is C32H38B2INO8. The fourth-order valence-corrected chi connectivity index (χ4v) is 7.74. The van der Waals surface area contributed by atoms with E-state index in [0.29, 0.717) is 34.3 Å². The summed E-state index contributed by atoms with van der Waals surface area (Å²) in [5.41, 5.74) is 4.80. The highest BCUT2D eigenvalue weighted by Crippen LogP contribution is 2.52. The van der Waals surface area contributed by atoms with Crippen molar-refractivity contribution < 1.29 is 39.2 Å². The number of hydrogen-bond acceptors (Lipinski definition) is 8. The maximum atomic E-state index is 14.0. The molecule has 12 heteroatoms. The molecule has 0 unspecified atom stereocenters. The Morgan fingerprint density at radius 3 is 2.64 bits per heavy atom. The summed E-state index contributed by atoms with van der Waals surface area (Å²) in [4.78, 5) is 28.9. The van der Waals surface area contributed by atoms with Crippen molar-refractivity contribution in [3.8, 4) is 11.5 Å². The Kier molecular flexibility index (Phi) is 10.3. The number of anilines is 1. The van der Waals surface area contributed by atoms with E-state index in [-0.39, 0.29) is 41.4 Å². The van der Waals surface area contributed by atoms with Crippen molar-refractivity contribution in [1.82, 2.24) is 0 Å². The van der Waals surface area contributed by atoms with E-state index >= 15 is 0 Å². The van der Waals surface area contributed by atoms with E-state index in [0.717, 1.165) is 36.0 Å². The van der Waals surface area contributed by atoms with Crippen LogP contribution in [0.4, 0.5) is 5.69 Å². The van der Waals surface area contributed by atoms with Crippen LogP contribution in [0.1, 0.15) is 57.9 Å². The average molecular weight is 713 g/mol. The van der Waals surface area contributed by atoms with Gasteiger partial charge in [-0.25, -0.2) is 0 Å². The average Bonchev–Trinajstić information content (AvgIpc) is 3.25. The molecule has 2 aromatic rings. The molecule has 4 N–H and O–H groups in total. The summed E-state index contributed by atoms with van der Waals surface area (Å²) < 4.78 is 12.2. The van der Waals surface area contributed by atoms with Crippen LogP contribution in [0.15, 0.2) is 53.1 Å². The predicted octanol–water partition coefficient (Wildman–Crippen LogP) is 4.06. The molecule has 2 fully saturated rings. The molecule has 0 bridgehead atoms. The number of nitrogens with zero attached hydrogens (tertiary/aromatic N) is 1. The SMILES string of the molecule is CCCC1=C2[C@@H](CC/C(=C/c3cc(I)c(O)c(OC)c3)CC)OB(O)C[C@@H]2[C@@H]2C(=O)N(c3cccc(B(O)O)c3)C(=O)[C@@H]2C1. The van der Waals surface area contributed by atoms with Crippen molar-refractivity contribution >= 4 is 65.9 Å². The van der Waals surface area contributed by atoms with Crippen molar-refractivity contribution in [2.75, 3.05) is 12.0 Å². The lowest BCUT2D eigenvalue weighted by Gasteiger charge is -2.43. The lowest BCUT2D eigenvalue weighted by Crippen LogP contribution is -2.46. The van der Waals surface area contributed by atoms with Crippen LogP contribution in [-0.4, -0.2) is 59.4 Å². The Morgan fingerprint density at radius 2 is 1.95 bits per heavy atom. The van der Waals surface area contributed by atoms with Crippen molar-refractivity contribution in [3.63, 3.8) is 0 Å². The van der Waals surface area contributed by atoms with E-state index in [4.69, 9.17) is 9.39 Å². The minimum Gasteiger partial charge on any atom is -0.504 e. The Balaban J connectivity index is 1.44. The number of imide groups is 1. The van der Waals surface area contributed by atoms with Crippen LogP contribution in [0.25, 0.3) is 6.08 Å². The number of hydrogen-bond donors (Lipinski definition) is 4. The van der Waals surface area contributed by atoms with E-state index < -0.39 is 26.1 Å². The molecule has 2 amide bonds. The van der Waals surface area contributed by atoms with Gasteiger partial charge in [0.25, 0.3) is 0 Å². The summed E-state index contributed by atoms with van der Waals surface area (Å²) in [5, 5.41) is 40.5. The third-order valence-electron chi connectivity index (χ3n) is 9.11. The van der Waals surface area contributed by atoms with E-state index in [1.807, 2.05) is 6.07 Å². The largest absolute Gasteiger partial charge is 0.504 e. The molecule has 1 aliphatic carbocycles. The molecule has 2 heterocycles. The summed E-state index contributed by atoms with van der Waals surface area (Å²) in [7, 11) is -1.25. The molecule has 0 aromatic heterocycles. The Morgan fingerprint density at radius 1 is 1.18 bits per heavy atom. The number of aromatic hydroxyl groups is 1. The van der Waals surface area contributed by atoms with Crippen LogP contribution >= 0.6 is 22.6 Å². The van der Waals surface area contributed by atoms with Gasteiger partial charge in [-0.05, 0) is 108 Å². The van der Waals surface area contributed by atoms with Crippen molar-refractivity contribution in [2.45, 2.75) is 64.8 Å². The fourth-order valence-electron chi connectivity index (χ4n) is 7.12. The molecule has 5 rings (SSSR count). The van der Waals surface area contributed by atoms with Gasteiger partial charge in [0.1, 0.15) is 0 Å². The maximum Gasteiger partial charge on any atom is 0.488 e. The smallest absolute Gasteiger partial charge is 0.488 e.